The Hall–Kier alpha value is -1.18. The number of carboxylic acid groups (broad SMARTS) is 1. The number of hydrogen-bond acceptors (Lipinski definition) is 5. The van der Waals surface area contributed by atoms with Gasteiger partial charge in [0.05, 0.1) is 19.8 Å². The Bertz CT molecular complexity index is 209. The zero-order valence-corrected chi connectivity index (χ0v) is 8.52. The zero-order chi connectivity index (χ0) is 11.7. The molecule has 7 nitrogen and oxygen atoms in total. The van der Waals surface area contributed by atoms with Gasteiger partial charge in [0.25, 0.3) is 0 Å². The monoisotopic (exact) mass is 220 g/mol. The highest BCUT2D eigenvalue weighted by molar-refractivity contribution is 5.84. The Balaban J connectivity index is 3.67. The minimum atomic E-state index is -1.26. The lowest BCUT2D eigenvalue weighted by Gasteiger charge is -2.11. The summed E-state index contributed by atoms with van der Waals surface area (Å²) >= 11 is 0. The number of amides is 1. The summed E-state index contributed by atoms with van der Waals surface area (Å²) in [6, 6.07) is -1.25. The maximum atomic E-state index is 11.1. The zero-order valence-electron chi connectivity index (χ0n) is 8.52. The number of aliphatic hydroxyl groups excluding tert-OH is 1. The van der Waals surface area contributed by atoms with E-state index in [9.17, 15) is 9.59 Å². The molecule has 0 spiro atoms. The highest BCUT2D eigenvalue weighted by Crippen LogP contribution is 1.81. The normalized spacial score (nSPS) is 12.1. The molecule has 4 N–H and O–H groups in total. The molecular weight excluding hydrogens is 204 g/mol. The van der Waals surface area contributed by atoms with Crippen LogP contribution in [0, 0.1) is 0 Å². The lowest BCUT2D eigenvalue weighted by molar-refractivity contribution is -0.142. The van der Waals surface area contributed by atoms with Gasteiger partial charge in [-0.15, -0.1) is 0 Å². The molecule has 0 aliphatic heterocycles. The molecule has 0 aromatic heterocycles. The number of aliphatic hydroxyl groups is 1. The third-order valence-corrected chi connectivity index (χ3v) is 1.58. The lowest BCUT2D eigenvalue weighted by atomic mass is 10.3. The Morgan fingerprint density at radius 3 is 2.60 bits per heavy atom. The number of methoxy groups -OCH3 is 1. The molecule has 0 heterocycles. The topological polar surface area (TPSA) is 108 Å². The van der Waals surface area contributed by atoms with Crippen molar-refractivity contribution in [3.05, 3.63) is 0 Å². The highest BCUT2D eigenvalue weighted by atomic mass is 16.5. The molecule has 88 valence electrons. The van der Waals surface area contributed by atoms with Crippen LogP contribution in [-0.2, 0) is 14.3 Å². The maximum absolute atomic E-state index is 11.1. The van der Waals surface area contributed by atoms with E-state index in [4.69, 9.17) is 14.9 Å². The Morgan fingerprint density at radius 1 is 1.47 bits per heavy atom. The quantitative estimate of drug-likeness (QED) is 0.345. The van der Waals surface area contributed by atoms with E-state index in [1.165, 1.54) is 7.11 Å². The average Bonchev–Trinajstić information content (AvgIpc) is 2.20. The van der Waals surface area contributed by atoms with E-state index in [1.807, 2.05) is 0 Å². The van der Waals surface area contributed by atoms with Crippen LogP contribution in [0.25, 0.3) is 0 Å². The molecule has 7 heteroatoms. The van der Waals surface area contributed by atoms with E-state index in [-0.39, 0.29) is 6.54 Å². The molecule has 0 bridgehead atoms. The first-order valence-corrected chi connectivity index (χ1v) is 4.44. The second-order valence-corrected chi connectivity index (χ2v) is 2.81. The van der Waals surface area contributed by atoms with E-state index in [1.54, 1.807) is 0 Å². The minimum Gasteiger partial charge on any atom is -0.480 e. The molecule has 0 unspecified atom stereocenters. The van der Waals surface area contributed by atoms with Gasteiger partial charge in [0, 0.05) is 13.7 Å². The van der Waals surface area contributed by atoms with Crippen molar-refractivity contribution in [2.45, 2.75) is 6.04 Å². The number of ether oxygens (including phenoxy) is 1. The van der Waals surface area contributed by atoms with Crippen LogP contribution >= 0.6 is 0 Å². The van der Waals surface area contributed by atoms with Crippen LogP contribution in [0.15, 0.2) is 0 Å². The average molecular weight is 220 g/mol. The Morgan fingerprint density at radius 2 is 2.13 bits per heavy atom. The fourth-order valence-electron chi connectivity index (χ4n) is 0.807. The SMILES string of the molecule is COCCNCC(=O)N[C@H](CO)C(=O)O. The standard InChI is InChI=1S/C8H16N2O5/c1-15-3-2-9-4-7(12)10-6(5-11)8(13)14/h6,9,11H,2-5H2,1H3,(H,10,12)(H,13,14)/t6-/m1/s1. The summed E-state index contributed by atoms with van der Waals surface area (Å²) in [5.74, 6) is -1.74. The summed E-state index contributed by atoms with van der Waals surface area (Å²) in [5.41, 5.74) is 0. The van der Waals surface area contributed by atoms with Crippen molar-refractivity contribution in [3.63, 3.8) is 0 Å². The number of carbonyl (C=O) groups excluding carboxylic acids is 1. The second-order valence-electron chi connectivity index (χ2n) is 2.81. The molecular formula is C8H16N2O5. The van der Waals surface area contributed by atoms with E-state index in [2.05, 4.69) is 10.6 Å². The third-order valence-electron chi connectivity index (χ3n) is 1.58. The molecule has 15 heavy (non-hydrogen) atoms. The van der Waals surface area contributed by atoms with Gasteiger partial charge in [0.2, 0.25) is 5.91 Å². The van der Waals surface area contributed by atoms with Crippen molar-refractivity contribution in [1.29, 1.82) is 0 Å². The molecule has 0 aromatic carbocycles. The van der Waals surface area contributed by atoms with E-state index in [0.717, 1.165) is 0 Å². The Kier molecular flexibility index (Phi) is 7.51. The lowest BCUT2D eigenvalue weighted by Crippen LogP contribution is -2.46. The third kappa shape index (κ3) is 6.83. The molecule has 0 aliphatic rings. The summed E-state index contributed by atoms with van der Waals surface area (Å²) in [5, 5.41) is 22.0. The van der Waals surface area contributed by atoms with Gasteiger partial charge < -0.3 is 25.6 Å². The van der Waals surface area contributed by atoms with E-state index in [0.29, 0.717) is 13.2 Å². The van der Waals surface area contributed by atoms with Crippen molar-refractivity contribution in [2.24, 2.45) is 0 Å². The second kappa shape index (κ2) is 8.16. The van der Waals surface area contributed by atoms with Crippen LogP contribution in [0.5, 0.6) is 0 Å². The van der Waals surface area contributed by atoms with Crippen molar-refractivity contribution in [2.75, 3.05) is 33.4 Å². The first kappa shape index (κ1) is 13.8. The minimum absolute atomic E-state index is 0.00681. The van der Waals surface area contributed by atoms with Gasteiger partial charge in [0.1, 0.15) is 6.04 Å². The largest absolute Gasteiger partial charge is 0.480 e. The van der Waals surface area contributed by atoms with Gasteiger partial charge in [-0.2, -0.15) is 0 Å². The van der Waals surface area contributed by atoms with Crippen LogP contribution in [-0.4, -0.2) is 61.5 Å². The number of carboxylic acids is 1. The molecule has 0 rings (SSSR count). The van der Waals surface area contributed by atoms with Gasteiger partial charge in [0.15, 0.2) is 0 Å². The number of nitrogens with one attached hydrogen (secondary N) is 2. The molecule has 0 aromatic rings. The van der Waals surface area contributed by atoms with Gasteiger partial charge in [-0.3, -0.25) is 4.79 Å². The van der Waals surface area contributed by atoms with Gasteiger partial charge in [-0.05, 0) is 0 Å². The number of rotatable bonds is 8. The Labute approximate surface area is 87.4 Å². The number of carbonyl (C=O) groups is 2. The first-order valence-electron chi connectivity index (χ1n) is 4.44. The summed E-state index contributed by atoms with van der Waals surface area (Å²) in [6.07, 6.45) is 0. The van der Waals surface area contributed by atoms with Crippen LogP contribution < -0.4 is 10.6 Å². The van der Waals surface area contributed by atoms with Crippen molar-refractivity contribution < 1.29 is 24.5 Å². The maximum Gasteiger partial charge on any atom is 0.328 e. The summed E-state index contributed by atoms with van der Waals surface area (Å²) < 4.78 is 4.74. The molecule has 0 saturated carbocycles. The fourth-order valence-corrected chi connectivity index (χ4v) is 0.807. The molecule has 0 fully saturated rings. The van der Waals surface area contributed by atoms with Crippen LogP contribution in [0.2, 0.25) is 0 Å². The molecule has 1 atom stereocenters. The predicted octanol–water partition coefficient (Wildman–Crippen LogP) is -2.22. The highest BCUT2D eigenvalue weighted by Gasteiger charge is 2.17. The van der Waals surface area contributed by atoms with E-state index < -0.39 is 24.5 Å². The molecule has 0 saturated heterocycles. The van der Waals surface area contributed by atoms with E-state index >= 15 is 0 Å². The van der Waals surface area contributed by atoms with Gasteiger partial charge in [-0.25, -0.2) is 4.79 Å². The molecule has 0 radical (unpaired) electrons. The summed E-state index contributed by atoms with van der Waals surface area (Å²) in [6.45, 7) is 0.336. The van der Waals surface area contributed by atoms with Crippen molar-refractivity contribution >= 4 is 11.9 Å². The van der Waals surface area contributed by atoms with Gasteiger partial charge >= 0.3 is 5.97 Å². The van der Waals surface area contributed by atoms with Crippen molar-refractivity contribution in [3.8, 4) is 0 Å². The number of hydrogen-bond donors (Lipinski definition) is 4. The number of aliphatic carboxylic acids is 1. The van der Waals surface area contributed by atoms with Gasteiger partial charge in [-0.1, -0.05) is 0 Å². The summed E-state index contributed by atoms with van der Waals surface area (Å²) in [4.78, 5) is 21.5. The molecule has 1 amide bonds. The van der Waals surface area contributed by atoms with Crippen LogP contribution in [0.1, 0.15) is 0 Å². The smallest absolute Gasteiger partial charge is 0.328 e. The predicted molar refractivity (Wildman–Crippen MR) is 51.4 cm³/mol. The van der Waals surface area contributed by atoms with Crippen molar-refractivity contribution in [1.82, 2.24) is 10.6 Å². The molecule has 0 aliphatic carbocycles. The van der Waals surface area contributed by atoms with Crippen LogP contribution in [0.4, 0.5) is 0 Å². The van der Waals surface area contributed by atoms with Crippen LogP contribution in [0.3, 0.4) is 0 Å². The summed E-state index contributed by atoms with van der Waals surface area (Å²) in [7, 11) is 1.54. The first-order chi connectivity index (χ1) is 7.11. The fraction of sp³-hybridized carbons (Fsp3) is 0.750.